The van der Waals surface area contributed by atoms with Crippen LogP contribution in [-0.2, 0) is 36.7 Å². The predicted molar refractivity (Wildman–Crippen MR) is 236 cm³/mol. The quantitative estimate of drug-likeness (QED) is 0.0798. The Labute approximate surface area is 353 Å². The van der Waals surface area contributed by atoms with E-state index in [1.54, 1.807) is 11.3 Å². The molecule has 4 nitrogen and oxygen atoms in total. The molecule has 0 aliphatic rings. The number of fused-ring (bicyclic) bond motifs is 3. The minimum Gasteiger partial charge on any atom is -0.512 e. The number of hydrogen-bond acceptors (Lipinski definition) is 5. The van der Waals surface area contributed by atoms with E-state index >= 15 is 0 Å². The number of thiophene rings is 1. The Hall–Kier alpha value is -3.57. The van der Waals surface area contributed by atoms with E-state index in [4.69, 9.17) is 9.40 Å². The number of ketones is 1. The summed E-state index contributed by atoms with van der Waals surface area (Å²) in [5, 5.41) is 16.0. The molecule has 0 spiro atoms. The summed E-state index contributed by atoms with van der Waals surface area (Å²) in [6, 6.07) is 23.5. The van der Waals surface area contributed by atoms with Crippen LogP contribution in [0.1, 0.15) is 124 Å². The van der Waals surface area contributed by atoms with E-state index in [9.17, 15) is 9.90 Å². The molecule has 0 fully saturated rings. The number of carbonyl (C=O) groups is 1. The molecule has 3 aromatic carbocycles. The monoisotopic (exact) mass is 949 g/mol. The van der Waals surface area contributed by atoms with Crippen molar-refractivity contribution in [3.05, 3.63) is 100 Å². The molecular formula is C50H62IrNO3S-. The molecule has 6 rings (SSSR count). The van der Waals surface area contributed by atoms with Gasteiger partial charge in [-0.3, -0.25) is 9.78 Å². The summed E-state index contributed by atoms with van der Waals surface area (Å²) < 4.78 is 7.49. The van der Waals surface area contributed by atoms with Gasteiger partial charge in [-0.25, -0.2) is 0 Å². The van der Waals surface area contributed by atoms with Crippen LogP contribution < -0.4 is 0 Å². The molecule has 6 heteroatoms. The minimum atomic E-state index is -0.337. The molecule has 0 aliphatic carbocycles. The number of pyridine rings is 1. The fourth-order valence-corrected chi connectivity index (χ4v) is 8.28. The second kappa shape index (κ2) is 17.9. The second-order valence-corrected chi connectivity index (χ2v) is 18.3. The third kappa shape index (κ3) is 9.25. The van der Waals surface area contributed by atoms with Gasteiger partial charge in [-0.05, 0) is 85.4 Å². The Balaban J connectivity index is 0.000000330. The molecular weight excluding hydrogens is 887 g/mol. The van der Waals surface area contributed by atoms with Gasteiger partial charge >= 0.3 is 0 Å². The van der Waals surface area contributed by atoms with Crippen LogP contribution in [0.3, 0.4) is 0 Å². The van der Waals surface area contributed by atoms with Gasteiger partial charge in [-0.15, -0.1) is 40.5 Å². The van der Waals surface area contributed by atoms with Gasteiger partial charge in [-0.2, -0.15) is 0 Å². The third-order valence-electron chi connectivity index (χ3n) is 12.1. The van der Waals surface area contributed by atoms with Crippen molar-refractivity contribution >= 4 is 49.1 Å². The molecule has 0 saturated heterocycles. The Morgan fingerprint density at radius 3 is 2.14 bits per heavy atom. The number of benzene rings is 3. The maximum Gasteiger partial charge on any atom is 0.164 e. The van der Waals surface area contributed by atoms with Gasteiger partial charge in [0, 0.05) is 53.7 Å². The van der Waals surface area contributed by atoms with Crippen molar-refractivity contribution < 1.29 is 34.4 Å². The van der Waals surface area contributed by atoms with Crippen LogP contribution in [0.25, 0.3) is 54.3 Å². The van der Waals surface area contributed by atoms with E-state index in [0.29, 0.717) is 5.92 Å². The van der Waals surface area contributed by atoms with E-state index in [2.05, 4.69) is 115 Å². The molecule has 1 radical (unpaired) electrons. The van der Waals surface area contributed by atoms with E-state index in [1.807, 2.05) is 41.5 Å². The average molecular weight is 949 g/mol. The molecule has 0 saturated carbocycles. The topological polar surface area (TPSA) is 63.3 Å². The maximum atomic E-state index is 12.2. The number of rotatable bonds is 11. The minimum absolute atomic E-state index is 0. The molecule has 6 aromatic rings. The number of aliphatic hydroxyl groups excluding tert-OH is 1. The van der Waals surface area contributed by atoms with Crippen molar-refractivity contribution in [3.63, 3.8) is 0 Å². The molecule has 1 N–H and O–H groups in total. The zero-order valence-corrected chi connectivity index (χ0v) is 39.1. The molecule has 0 bridgehead atoms. The number of aliphatic hydroxyl groups is 1. The Morgan fingerprint density at radius 1 is 0.893 bits per heavy atom. The SMILES string of the molecule is CCC(C)(CC)C(=O)/C=C(\O)C(C)(CC)CC.Cc1oc2cc(-c3cc(-c4[c-]c5ccccc5c(C(C)(C)C)c4)nc4c(C)csc34)ccc2c1CC(C)C.[Ir]. The standard InChI is InChI=1S/C35H34NOS.C15H28O2.Ir/c1-20(2)14-28-22(4)37-32-17-24(12-13-27(28)32)29-18-31(36-33-21(3)19-38-34(29)33)25-15-23-10-8-9-11-26(23)30(16-25)35(5,6)7;1-7-14(5,8-2)12(16)11-13(17)15(6,9-3)10-4;/h8-13,16-20H,14H2,1-7H3;11,16H,7-10H2,1-6H3;/q-1;;/b;12-11-;. The van der Waals surface area contributed by atoms with Crippen LogP contribution >= 0.6 is 11.3 Å². The molecule has 0 atom stereocenters. The van der Waals surface area contributed by atoms with Gasteiger partial charge < -0.3 is 9.52 Å². The number of furan rings is 1. The van der Waals surface area contributed by atoms with Crippen molar-refractivity contribution in [2.45, 2.75) is 128 Å². The Morgan fingerprint density at radius 2 is 1.54 bits per heavy atom. The van der Waals surface area contributed by atoms with Crippen LogP contribution in [0.4, 0.5) is 0 Å². The van der Waals surface area contributed by atoms with Gasteiger partial charge in [0.25, 0.3) is 0 Å². The van der Waals surface area contributed by atoms with Gasteiger partial charge in [0.2, 0.25) is 0 Å². The maximum absolute atomic E-state index is 12.2. The molecule has 0 aliphatic heterocycles. The van der Waals surface area contributed by atoms with Crippen molar-refractivity contribution in [2.24, 2.45) is 16.7 Å². The zero-order valence-electron chi connectivity index (χ0n) is 35.9. The number of allylic oxidation sites excluding steroid dienone is 2. The summed E-state index contributed by atoms with van der Waals surface area (Å²) in [4.78, 5) is 17.4. The fraction of sp³-hybridized carbons (Fsp3) is 0.440. The first kappa shape index (κ1) is 45.1. The van der Waals surface area contributed by atoms with Crippen molar-refractivity contribution in [1.82, 2.24) is 4.98 Å². The largest absolute Gasteiger partial charge is 0.512 e. The summed E-state index contributed by atoms with van der Waals surface area (Å²) in [5.74, 6) is 1.90. The van der Waals surface area contributed by atoms with Crippen LogP contribution in [0, 0.1) is 36.7 Å². The summed E-state index contributed by atoms with van der Waals surface area (Å²) in [6.45, 7) is 27.7. The van der Waals surface area contributed by atoms with E-state index < -0.39 is 0 Å². The predicted octanol–water partition coefficient (Wildman–Crippen LogP) is 15.1. The first-order valence-corrected chi connectivity index (χ1v) is 21.1. The summed E-state index contributed by atoms with van der Waals surface area (Å²) in [5.41, 5.74) is 9.64. The number of carbonyl (C=O) groups excluding carboxylic acids is 1. The van der Waals surface area contributed by atoms with Crippen molar-refractivity contribution in [1.29, 1.82) is 0 Å². The molecule has 56 heavy (non-hydrogen) atoms. The molecule has 3 aromatic heterocycles. The molecule has 0 amide bonds. The van der Waals surface area contributed by atoms with Gasteiger partial charge in [-0.1, -0.05) is 124 Å². The smallest absolute Gasteiger partial charge is 0.164 e. The van der Waals surface area contributed by atoms with Gasteiger partial charge in [0.05, 0.1) is 10.2 Å². The van der Waals surface area contributed by atoms with Crippen LogP contribution in [0.15, 0.2) is 76.2 Å². The zero-order chi connectivity index (χ0) is 40.5. The second-order valence-electron chi connectivity index (χ2n) is 17.4. The van der Waals surface area contributed by atoms with E-state index in [0.717, 1.165) is 71.2 Å². The van der Waals surface area contributed by atoms with Gasteiger partial charge in [0.15, 0.2) is 5.78 Å². The summed E-state index contributed by atoms with van der Waals surface area (Å²) in [6.07, 6.45) is 5.78. The van der Waals surface area contributed by atoms with E-state index in [-0.39, 0.29) is 47.9 Å². The number of hydrogen-bond donors (Lipinski definition) is 1. The Kier molecular flexibility index (Phi) is 14.4. The summed E-state index contributed by atoms with van der Waals surface area (Å²) in [7, 11) is 0. The molecule has 301 valence electrons. The average Bonchev–Trinajstić information content (AvgIpc) is 3.69. The number of nitrogens with zero attached hydrogens (tertiary/aromatic N) is 1. The van der Waals surface area contributed by atoms with Crippen LogP contribution in [0.2, 0.25) is 0 Å². The van der Waals surface area contributed by atoms with Crippen LogP contribution in [-0.4, -0.2) is 15.9 Å². The van der Waals surface area contributed by atoms with E-state index in [1.165, 1.54) is 43.8 Å². The normalized spacial score (nSPS) is 12.6. The van der Waals surface area contributed by atoms with Crippen molar-refractivity contribution in [3.8, 4) is 22.4 Å². The molecule has 3 heterocycles. The Bertz CT molecular complexity index is 2340. The number of aryl methyl sites for hydroxylation is 2. The first-order valence-electron chi connectivity index (χ1n) is 20.2. The third-order valence-corrected chi connectivity index (χ3v) is 13.2. The van der Waals surface area contributed by atoms with Gasteiger partial charge in [0.1, 0.15) is 17.1 Å². The van der Waals surface area contributed by atoms with Crippen molar-refractivity contribution in [2.75, 3.05) is 0 Å². The number of aromatic nitrogens is 1. The first-order chi connectivity index (χ1) is 25.9. The summed E-state index contributed by atoms with van der Waals surface area (Å²) >= 11 is 1.77. The fourth-order valence-electron chi connectivity index (χ4n) is 7.25. The van der Waals surface area contributed by atoms with Crippen LogP contribution in [0.5, 0.6) is 0 Å². The molecule has 0 unspecified atom stereocenters.